The molecule has 0 aliphatic rings. The molecule has 9 heteroatoms. The van der Waals surface area contributed by atoms with Gasteiger partial charge in [-0.15, -0.1) is 11.3 Å². The third-order valence-electron chi connectivity index (χ3n) is 5.10. The first kappa shape index (κ1) is 22.6. The van der Waals surface area contributed by atoms with Gasteiger partial charge in [-0.3, -0.25) is 0 Å². The lowest BCUT2D eigenvalue weighted by Crippen LogP contribution is -1.99. The zero-order valence-corrected chi connectivity index (χ0v) is 20.1. The van der Waals surface area contributed by atoms with Crippen LogP contribution in [0.2, 0.25) is 10.0 Å². The number of benzene rings is 3. The Kier molecular flexibility index (Phi) is 6.22. The van der Waals surface area contributed by atoms with Crippen LogP contribution in [0.4, 0.5) is 11.6 Å². The molecule has 35 heavy (non-hydrogen) atoms. The van der Waals surface area contributed by atoms with E-state index in [9.17, 15) is 0 Å². The van der Waals surface area contributed by atoms with Gasteiger partial charge >= 0.3 is 0 Å². The molecule has 2 aromatic heterocycles. The minimum Gasteiger partial charge on any atom is -0.436 e. The fourth-order valence-electron chi connectivity index (χ4n) is 3.37. The van der Waals surface area contributed by atoms with E-state index < -0.39 is 0 Å². The quantitative estimate of drug-likeness (QED) is 0.256. The summed E-state index contributed by atoms with van der Waals surface area (Å²) < 4.78 is 6.91. The van der Waals surface area contributed by atoms with Gasteiger partial charge in [-0.05, 0) is 71.1 Å². The van der Waals surface area contributed by atoms with E-state index in [4.69, 9.17) is 38.5 Å². The largest absolute Gasteiger partial charge is 0.436 e. The van der Waals surface area contributed by atoms with Crippen LogP contribution in [0.5, 0.6) is 11.6 Å². The second kappa shape index (κ2) is 9.61. The molecule has 2 heterocycles. The number of aromatic nitrogens is 2. The molecule has 0 spiro atoms. The van der Waals surface area contributed by atoms with Crippen molar-refractivity contribution in [1.29, 1.82) is 10.5 Å². The highest BCUT2D eigenvalue weighted by Gasteiger charge is 2.14. The van der Waals surface area contributed by atoms with Crippen molar-refractivity contribution in [2.75, 3.05) is 5.32 Å². The lowest BCUT2D eigenvalue weighted by Gasteiger charge is -2.12. The van der Waals surface area contributed by atoms with E-state index in [0.29, 0.717) is 38.8 Å². The molecule has 168 valence electrons. The molecule has 0 radical (unpaired) electrons. The number of nitriles is 2. The van der Waals surface area contributed by atoms with Gasteiger partial charge in [0.15, 0.2) is 0 Å². The van der Waals surface area contributed by atoms with Crippen LogP contribution >= 0.6 is 34.5 Å². The summed E-state index contributed by atoms with van der Waals surface area (Å²) in [7, 11) is 0. The molecule has 0 atom stereocenters. The van der Waals surface area contributed by atoms with Gasteiger partial charge in [-0.2, -0.15) is 15.5 Å². The van der Waals surface area contributed by atoms with E-state index in [2.05, 4.69) is 27.4 Å². The number of hydrogen-bond donors (Lipinski definition) is 1. The molecule has 0 saturated heterocycles. The first-order chi connectivity index (χ1) is 17.0. The predicted molar refractivity (Wildman–Crippen MR) is 139 cm³/mol. The maximum atomic E-state index is 9.09. The molecule has 5 aromatic rings. The molecule has 0 aliphatic carbocycles. The van der Waals surface area contributed by atoms with Crippen molar-refractivity contribution >= 4 is 56.4 Å². The van der Waals surface area contributed by atoms with Gasteiger partial charge in [-0.1, -0.05) is 35.3 Å². The highest BCUT2D eigenvalue weighted by Crippen LogP contribution is 2.38. The van der Waals surface area contributed by atoms with Gasteiger partial charge in [0.25, 0.3) is 0 Å². The topological polar surface area (TPSA) is 94.6 Å². The van der Waals surface area contributed by atoms with Crippen molar-refractivity contribution in [3.63, 3.8) is 0 Å². The average Bonchev–Trinajstić information content (AvgIpc) is 3.34. The smallest absolute Gasteiger partial charge is 0.242 e. The Morgan fingerprint density at radius 2 is 1.57 bits per heavy atom. The fraction of sp³-hybridized carbons (Fsp3) is 0. The lowest BCUT2D eigenvalue weighted by atomic mass is 10.0. The number of rotatable bonds is 5. The summed E-state index contributed by atoms with van der Waals surface area (Å²) in [6.45, 7) is 0. The predicted octanol–water partition coefficient (Wildman–Crippen LogP) is 7.94. The number of nitrogens with one attached hydrogen (secondary N) is 1. The van der Waals surface area contributed by atoms with E-state index in [0.717, 1.165) is 27.0 Å². The maximum Gasteiger partial charge on any atom is 0.242 e. The Morgan fingerprint density at radius 1 is 0.829 bits per heavy atom. The minimum absolute atomic E-state index is 0.357. The zero-order chi connectivity index (χ0) is 24.4. The van der Waals surface area contributed by atoms with E-state index in [1.807, 2.05) is 23.6 Å². The van der Waals surface area contributed by atoms with E-state index in [1.54, 1.807) is 48.5 Å². The Labute approximate surface area is 214 Å². The van der Waals surface area contributed by atoms with Crippen molar-refractivity contribution in [2.45, 2.75) is 0 Å². The summed E-state index contributed by atoms with van der Waals surface area (Å²) >= 11 is 14.2. The van der Waals surface area contributed by atoms with Crippen LogP contribution < -0.4 is 10.1 Å². The van der Waals surface area contributed by atoms with Crippen molar-refractivity contribution in [2.24, 2.45) is 0 Å². The molecule has 0 amide bonds. The first-order valence-electron chi connectivity index (χ1n) is 10.2. The fourth-order valence-corrected chi connectivity index (χ4v) is 4.57. The summed E-state index contributed by atoms with van der Waals surface area (Å²) in [5.74, 6) is 1.17. The third-order valence-corrected chi connectivity index (χ3v) is 6.60. The third kappa shape index (κ3) is 4.75. The number of ether oxygens (including phenoxy) is 1. The van der Waals surface area contributed by atoms with E-state index in [-0.39, 0.29) is 0 Å². The Hall–Kier alpha value is -4.14. The number of anilines is 2. The normalized spacial score (nSPS) is 10.5. The van der Waals surface area contributed by atoms with Crippen LogP contribution in [0.25, 0.3) is 21.3 Å². The number of hydrogen-bond acceptors (Lipinski definition) is 7. The van der Waals surface area contributed by atoms with Crippen molar-refractivity contribution in [3.05, 3.63) is 93.3 Å². The summed E-state index contributed by atoms with van der Waals surface area (Å²) in [5, 5.41) is 23.9. The molecule has 0 bridgehead atoms. The van der Waals surface area contributed by atoms with E-state index in [1.165, 1.54) is 11.3 Å². The van der Waals surface area contributed by atoms with Crippen molar-refractivity contribution in [1.82, 2.24) is 9.97 Å². The van der Waals surface area contributed by atoms with Crippen LogP contribution in [0.3, 0.4) is 0 Å². The number of nitrogens with zero attached hydrogens (tertiary/aromatic N) is 4. The molecular formula is C26H13Cl2N5OS. The molecule has 0 aliphatic heterocycles. The standard InChI is InChI=1S/C26H13Cl2N5OS/c27-20-11-16(3-4-18(20)14-30)17-5-8-23(21(28)12-17)34-25-24-22(9-10-35-24)32-26(33-25)31-19-6-1-15(13-29)2-7-19/h1-12H,(H,31,32,33). The maximum absolute atomic E-state index is 9.09. The Bertz CT molecular complexity index is 1650. The number of thiophene rings is 1. The van der Waals surface area contributed by atoms with Crippen LogP contribution in [0.15, 0.2) is 72.1 Å². The van der Waals surface area contributed by atoms with Gasteiger partial charge in [0.2, 0.25) is 11.8 Å². The van der Waals surface area contributed by atoms with Crippen molar-refractivity contribution in [3.8, 4) is 34.9 Å². The van der Waals surface area contributed by atoms with Crippen LogP contribution in [-0.2, 0) is 0 Å². The molecule has 0 fully saturated rings. The molecule has 0 unspecified atom stereocenters. The van der Waals surface area contributed by atoms with Crippen LogP contribution in [0.1, 0.15) is 11.1 Å². The summed E-state index contributed by atoms with van der Waals surface area (Å²) in [4.78, 5) is 9.10. The van der Waals surface area contributed by atoms with Crippen LogP contribution in [-0.4, -0.2) is 9.97 Å². The molecule has 1 N–H and O–H groups in total. The summed E-state index contributed by atoms with van der Waals surface area (Å²) in [6, 6.07) is 23.6. The molecule has 3 aromatic carbocycles. The SMILES string of the molecule is N#Cc1ccc(Nc2nc(Oc3ccc(-c4ccc(C#N)c(Cl)c4)cc3Cl)c3sccc3n2)cc1. The first-order valence-corrected chi connectivity index (χ1v) is 11.9. The van der Waals surface area contributed by atoms with Gasteiger partial charge < -0.3 is 10.1 Å². The molecule has 0 saturated carbocycles. The van der Waals surface area contributed by atoms with E-state index >= 15 is 0 Å². The van der Waals surface area contributed by atoms with Gasteiger partial charge in [0, 0.05) is 5.69 Å². The Balaban J connectivity index is 1.45. The Morgan fingerprint density at radius 3 is 2.26 bits per heavy atom. The van der Waals surface area contributed by atoms with Gasteiger partial charge in [0.1, 0.15) is 16.5 Å². The number of fused-ring (bicyclic) bond motifs is 1. The van der Waals surface area contributed by atoms with Crippen LogP contribution in [0, 0.1) is 22.7 Å². The second-order valence-corrected chi connectivity index (χ2v) is 9.09. The second-order valence-electron chi connectivity index (χ2n) is 7.36. The highest BCUT2D eigenvalue weighted by molar-refractivity contribution is 7.17. The zero-order valence-electron chi connectivity index (χ0n) is 17.8. The molecule has 6 nitrogen and oxygen atoms in total. The minimum atomic E-state index is 0.357. The summed E-state index contributed by atoms with van der Waals surface area (Å²) in [5.41, 5.74) is 4.12. The summed E-state index contributed by atoms with van der Waals surface area (Å²) in [6.07, 6.45) is 0. The van der Waals surface area contributed by atoms with Gasteiger partial charge in [0.05, 0.1) is 32.8 Å². The monoisotopic (exact) mass is 513 g/mol. The van der Waals surface area contributed by atoms with Crippen molar-refractivity contribution < 1.29 is 4.74 Å². The highest BCUT2D eigenvalue weighted by atomic mass is 35.5. The van der Waals surface area contributed by atoms with Gasteiger partial charge in [-0.25, -0.2) is 4.98 Å². The number of halogens is 2. The molecule has 5 rings (SSSR count). The average molecular weight is 514 g/mol. The lowest BCUT2D eigenvalue weighted by molar-refractivity contribution is 0.470. The molecular weight excluding hydrogens is 501 g/mol.